The van der Waals surface area contributed by atoms with Gasteiger partial charge in [0.05, 0.1) is 17.9 Å². The van der Waals surface area contributed by atoms with E-state index in [1.807, 2.05) is 10.9 Å². The van der Waals surface area contributed by atoms with E-state index in [1.165, 1.54) is 19.4 Å². The van der Waals surface area contributed by atoms with Crippen LogP contribution in [0.25, 0.3) is 0 Å². The van der Waals surface area contributed by atoms with Crippen LogP contribution < -0.4 is 10.2 Å². The molecule has 1 aromatic heterocycles. The van der Waals surface area contributed by atoms with E-state index < -0.39 is 0 Å². The van der Waals surface area contributed by atoms with Crippen LogP contribution in [0.2, 0.25) is 0 Å². The molecule has 3 fully saturated rings. The van der Waals surface area contributed by atoms with Crippen molar-refractivity contribution < 1.29 is 9.53 Å². The van der Waals surface area contributed by atoms with Crippen molar-refractivity contribution in [3.8, 4) is 0 Å². The van der Waals surface area contributed by atoms with Gasteiger partial charge in [-0.05, 0) is 18.8 Å². The largest absolute Gasteiger partial charge is 0.381 e. The van der Waals surface area contributed by atoms with Crippen molar-refractivity contribution in [1.82, 2.24) is 20.0 Å². The molecule has 120 valence electrons. The first-order chi connectivity index (χ1) is 10.8. The number of rotatable bonds is 4. The van der Waals surface area contributed by atoms with Crippen molar-refractivity contribution in [2.24, 2.45) is 5.92 Å². The number of carbonyl (C=O) groups is 1. The van der Waals surface area contributed by atoms with E-state index in [0.717, 1.165) is 44.5 Å². The van der Waals surface area contributed by atoms with E-state index in [2.05, 4.69) is 15.3 Å². The molecule has 0 bridgehead atoms. The van der Waals surface area contributed by atoms with Gasteiger partial charge in [-0.1, -0.05) is 0 Å². The first kappa shape index (κ1) is 14.0. The Kier molecular flexibility index (Phi) is 3.75. The molecule has 4 rings (SSSR count). The number of hydrogen-bond donors (Lipinski definition) is 1. The van der Waals surface area contributed by atoms with Gasteiger partial charge < -0.3 is 10.1 Å². The summed E-state index contributed by atoms with van der Waals surface area (Å²) < 4.78 is 7.43. The van der Waals surface area contributed by atoms with Gasteiger partial charge >= 0.3 is 6.03 Å². The molecule has 0 atom stereocenters. The third-order valence-electron chi connectivity index (χ3n) is 4.93. The summed E-state index contributed by atoms with van der Waals surface area (Å²) in [6.45, 7) is 6.58. The van der Waals surface area contributed by atoms with Gasteiger partial charge in [0, 0.05) is 52.1 Å². The lowest BCUT2D eigenvalue weighted by Crippen LogP contribution is -2.50. The van der Waals surface area contributed by atoms with Crippen LogP contribution in [0, 0.1) is 5.92 Å². The number of aromatic nitrogens is 2. The lowest BCUT2D eigenvalue weighted by Gasteiger charge is -2.41. The monoisotopic (exact) mass is 305 g/mol. The number of ether oxygens (including phenoxy) is 1. The van der Waals surface area contributed by atoms with Gasteiger partial charge in [-0.15, -0.1) is 0 Å². The van der Waals surface area contributed by atoms with E-state index in [-0.39, 0.29) is 6.03 Å². The predicted molar refractivity (Wildman–Crippen MR) is 82.0 cm³/mol. The zero-order valence-electron chi connectivity index (χ0n) is 12.8. The van der Waals surface area contributed by atoms with Crippen LogP contribution in [0.4, 0.5) is 10.5 Å². The van der Waals surface area contributed by atoms with Crippen molar-refractivity contribution in [2.45, 2.75) is 18.9 Å². The number of urea groups is 1. The van der Waals surface area contributed by atoms with Gasteiger partial charge in [-0.25, -0.2) is 4.79 Å². The van der Waals surface area contributed by atoms with Crippen LogP contribution in [0.15, 0.2) is 12.4 Å². The minimum Gasteiger partial charge on any atom is -0.381 e. The topological polar surface area (TPSA) is 62.6 Å². The summed E-state index contributed by atoms with van der Waals surface area (Å²) >= 11 is 0. The molecule has 7 heteroatoms. The Balaban J connectivity index is 1.29. The highest BCUT2D eigenvalue weighted by Gasteiger charge is 2.31. The van der Waals surface area contributed by atoms with Crippen molar-refractivity contribution >= 4 is 11.7 Å². The molecule has 4 heterocycles. The summed E-state index contributed by atoms with van der Waals surface area (Å²) in [7, 11) is 0. The summed E-state index contributed by atoms with van der Waals surface area (Å²) in [6.07, 6.45) is 6.18. The van der Waals surface area contributed by atoms with Gasteiger partial charge in [-0.3, -0.25) is 14.5 Å². The molecule has 0 radical (unpaired) electrons. The summed E-state index contributed by atoms with van der Waals surface area (Å²) in [5, 5.41) is 7.27. The van der Waals surface area contributed by atoms with E-state index in [0.29, 0.717) is 12.6 Å². The van der Waals surface area contributed by atoms with Crippen molar-refractivity contribution in [3.05, 3.63) is 12.4 Å². The second kappa shape index (κ2) is 5.89. The summed E-state index contributed by atoms with van der Waals surface area (Å²) in [5.74, 6) is 0.788. The molecule has 0 aliphatic carbocycles. The average molecular weight is 305 g/mol. The third kappa shape index (κ3) is 2.70. The smallest absolute Gasteiger partial charge is 0.322 e. The molecule has 0 spiro atoms. The molecule has 1 aromatic rings. The number of likely N-dealkylation sites (tertiary alicyclic amines) is 1. The molecule has 0 aromatic carbocycles. The fraction of sp³-hybridized carbons (Fsp3) is 0.733. The molecular formula is C15H23N5O2. The molecule has 0 saturated carbocycles. The first-order valence-corrected chi connectivity index (χ1v) is 8.19. The minimum atomic E-state index is -0.0192. The summed E-state index contributed by atoms with van der Waals surface area (Å²) in [5.41, 5.74) is 0.901. The third-order valence-corrected chi connectivity index (χ3v) is 4.93. The SMILES string of the molecule is O=C1NCCN1c1cnn(C2CN(CC3CCOCC3)C2)c1. The standard InChI is InChI=1S/C15H23N5O2/c21-15-16-3-4-19(15)13-7-17-20(11-13)14-9-18(10-14)8-12-1-5-22-6-2-12/h7,11-12,14H,1-6,8-10H2,(H,16,21). The highest BCUT2D eigenvalue weighted by atomic mass is 16.5. The normalized spacial score (nSPS) is 24.5. The van der Waals surface area contributed by atoms with Crippen molar-refractivity contribution in [1.29, 1.82) is 0 Å². The van der Waals surface area contributed by atoms with Crippen molar-refractivity contribution in [3.63, 3.8) is 0 Å². The zero-order chi connectivity index (χ0) is 14.9. The van der Waals surface area contributed by atoms with E-state index in [9.17, 15) is 4.79 Å². The van der Waals surface area contributed by atoms with Crippen molar-refractivity contribution in [2.75, 3.05) is 50.8 Å². The van der Waals surface area contributed by atoms with E-state index in [1.54, 1.807) is 11.1 Å². The quantitative estimate of drug-likeness (QED) is 0.889. The Bertz CT molecular complexity index is 534. The molecule has 2 amide bonds. The van der Waals surface area contributed by atoms with Gasteiger partial charge in [0.1, 0.15) is 0 Å². The van der Waals surface area contributed by atoms with Gasteiger partial charge in [0.25, 0.3) is 0 Å². The van der Waals surface area contributed by atoms with E-state index >= 15 is 0 Å². The fourth-order valence-electron chi connectivity index (χ4n) is 3.54. The lowest BCUT2D eigenvalue weighted by molar-refractivity contribution is 0.0257. The first-order valence-electron chi connectivity index (χ1n) is 8.19. The molecular weight excluding hydrogens is 282 g/mol. The maximum Gasteiger partial charge on any atom is 0.322 e. The highest BCUT2D eigenvalue weighted by molar-refractivity contribution is 5.93. The predicted octanol–water partition coefficient (Wildman–Crippen LogP) is 0.696. The van der Waals surface area contributed by atoms with Gasteiger partial charge in [0.15, 0.2) is 0 Å². The second-order valence-corrected chi connectivity index (χ2v) is 6.49. The number of amides is 2. The van der Waals surface area contributed by atoms with Crippen LogP contribution in [0.5, 0.6) is 0 Å². The molecule has 3 aliphatic heterocycles. The molecule has 3 aliphatic rings. The molecule has 3 saturated heterocycles. The van der Waals surface area contributed by atoms with Crippen LogP contribution in [-0.2, 0) is 4.74 Å². The second-order valence-electron chi connectivity index (χ2n) is 6.49. The number of anilines is 1. The maximum atomic E-state index is 11.7. The van der Waals surface area contributed by atoms with Crippen LogP contribution >= 0.6 is 0 Å². The molecule has 7 nitrogen and oxygen atoms in total. The average Bonchev–Trinajstić information content (AvgIpc) is 3.12. The van der Waals surface area contributed by atoms with Gasteiger partial charge in [0.2, 0.25) is 0 Å². The number of nitrogens with one attached hydrogen (secondary N) is 1. The Hall–Kier alpha value is -1.60. The Labute approximate surface area is 130 Å². The summed E-state index contributed by atoms with van der Waals surface area (Å²) in [4.78, 5) is 15.9. The Morgan fingerprint density at radius 2 is 2.14 bits per heavy atom. The lowest BCUT2D eigenvalue weighted by atomic mass is 9.97. The van der Waals surface area contributed by atoms with Gasteiger partial charge in [-0.2, -0.15) is 5.10 Å². The maximum absolute atomic E-state index is 11.7. The number of nitrogens with zero attached hydrogens (tertiary/aromatic N) is 4. The number of hydrogen-bond acceptors (Lipinski definition) is 4. The van der Waals surface area contributed by atoms with Crippen LogP contribution in [0.1, 0.15) is 18.9 Å². The number of carbonyl (C=O) groups excluding carboxylic acids is 1. The Morgan fingerprint density at radius 1 is 1.32 bits per heavy atom. The minimum absolute atomic E-state index is 0.0192. The summed E-state index contributed by atoms with van der Waals surface area (Å²) in [6, 6.07) is 0.425. The van der Waals surface area contributed by atoms with Crippen LogP contribution in [-0.4, -0.2) is 66.6 Å². The Morgan fingerprint density at radius 3 is 2.86 bits per heavy atom. The zero-order valence-corrected chi connectivity index (χ0v) is 12.8. The fourth-order valence-corrected chi connectivity index (χ4v) is 3.54. The van der Waals surface area contributed by atoms with E-state index in [4.69, 9.17) is 4.74 Å². The molecule has 22 heavy (non-hydrogen) atoms. The highest BCUT2D eigenvalue weighted by Crippen LogP contribution is 2.26. The van der Waals surface area contributed by atoms with Crippen LogP contribution in [0.3, 0.4) is 0 Å². The molecule has 0 unspecified atom stereocenters. The molecule has 1 N–H and O–H groups in total.